The number of nitrogens with zero attached hydrogens (tertiary/aromatic N) is 1. The molecule has 0 aliphatic heterocycles. The third-order valence-electron chi connectivity index (χ3n) is 2.47. The van der Waals surface area contributed by atoms with Crippen LogP contribution in [0.25, 0.3) is 0 Å². The molecule has 2 unspecified atom stereocenters. The second-order valence-electron chi connectivity index (χ2n) is 4.46. The van der Waals surface area contributed by atoms with Gasteiger partial charge in [0.25, 0.3) is 0 Å². The lowest BCUT2D eigenvalue weighted by atomic mass is 10.0. The van der Waals surface area contributed by atoms with Gasteiger partial charge in [-0.15, -0.1) is 11.3 Å². The summed E-state index contributed by atoms with van der Waals surface area (Å²) in [5.41, 5.74) is 0. The molecule has 17 heavy (non-hydrogen) atoms. The van der Waals surface area contributed by atoms with Crippen molar-refractivity contribution in [1.82, 2.24) is 10.3 Å². The summed E-state index contributed by atoms with van der Waals surface area (Å²) >= 11 is 1.59. The molecule has 0 aliphatic carbocycles. The molecule has 4 nitrogen and oxygen atoms in total. The van der Waals surface area contributed by atoms with E-state index in [1.807, 2.05) is 12.3 Å². The van der Waals surface area contributed by atoms with Crippen molar-refractivity contribution in [1.29, 1.82) is 0 Å². The van der Waals surface area contributed by atoms with Crippen LogP contribution in [0.4, 0.5) is 0 Å². The van der Waals surface area contributed by atoms with Crippen molar-refractivity contribution >= 4 is 17.3 Å². The van der Waals surface area contributed by atoms with E-state index in [0.29, 0.717) is 5.92 Å². The lowest BCUT2D eigenvalue weighted by Gasteiger charge is -2.21. The van der Waals surface area contributed by atoms with Crippen LogP contribution >= 0.6 is 11.3 Å². The maximum absolute atomic E-state index is 11.7. The van der Waals surface area contributed by atoms with Gasteiger partial charge in [0, 0.05) is 11.6 Å². The summed E-state index contributed by atoms with van der Waals surface area (Å²) in [6, 6.07) is -0.197. The Hall–Kier alpha value is -0.940. The van der Waals surface area contributed by atoms with Crippen molar-refractivity contribution in [3.8, 4) is 0 Å². The first-order valence-corrected chi connectivity index (χ1v) is 6.65. The van der Waals surface area contributed by atoms with Crippen molar-refractivity contribution in [3.05, 3.63) is 16.6 Å². The molecule has 1 heterocycles. The van der Waals surface area contributed by atoms with E-state index in [4.69, 9.17) is 4.74 Å². The minimum Gasteiger partial charge on any atom is -0.468 e. The highest BCUT2D eigenvalue weighted by atomic mass is 32.1. The smallest absolute Gasteiger partial charge is 0.322 e. The molecule has 1 rings (SSSR count). The Labute approximate surface area is 106 Å². The molecule has 96 valence electrons. The molecule has 1 aromatic rings. The second kappa shape index (κ2) is 6.71. The highest BCUT2D eigenvalue weighted by Gasteiger charge is 2.23. The second-order valence-corrected chi connectivity index (χ2v) is 5.39. The van der Waals surface area contributed by atoms with E-state index >= 15 is 0 Å². The fraction of sp³-hybridized carbons (Fsp3) is 0.667. The van der Waals surface area contributed by atoms with Gasteiger partial charge < -0.3 is 4.74 Å². The molecule has 0 saturated carbocycles. The van der Waals surface area contributed by atoms with E-state index in [9.17, 15) is 4.79 Å². The van der Waals surface area contributed by atoms with Crippen LogP contribution in [0.2, 0.25) is 0 Å². The number of carbonyl (C=O) groups excluding carboxylic acids is 1. The van der Waals surface area contributed by atoms with E-state index in [0.717, 1.165) is 11.4 Å². The molecule has 5 heteroatoms. The number of aromatic nitrogens is 1. The predicted molar refractivity (Wildman–Crippen MR) is 68.9 cm³/mol. The van der Waals surface area contributed by atoms with Crippen LogP contribution in [0.5, 0.6) is 0 Å². The summed E-state index contributed by atoms with van der Waals surface area (Å²) in [7, 11) is 1.42. The van der Waals surface area contributed by atoms with Crippen LogP contribution in [0, 0.1) is 5.92 Å². The Bertz CT molecular complexity index is 338. The lowest BCUT2D eigenvalue weighted by Crippen LogP contribution is -2.40. The maximum atomic E-state index is 11.7. The Morgan fingerprint density at radius 1 is 1.53 bits per heavy atom. The van der Waals surface area contributed by atoms with Gasteiger partial charge in [-0.1, -0.05) is 13.8 Å². The minimum absolute atomic E-state index is 0.0675. The van der Waals surface area contributed by atoms with Gasteiger partial charge in [0.15, 0.2) is 0 Å². The Balaban J connectivity index is 2.62. The zero-order valence-electron chi connectivity index (χ0n) is 10.8. The molecule has 2 atom stereocenters. The van der Waals surface area contributed by atoms with Crippen LogP contribution in [0.15, 0.2) is 11.6 Å². The molecule has 0 spiro atoms. The first-order chi connectivity index (χ1) is 8.04. The van der Waals surface area contributed by atoms with E-state index in [2.05, 4.69) is 24.1 Å². The number of hydrogen-bond acceptors (Lipinski definition) is 5. The quantitative estimate of drug-likeness (QED) is 0.794. The van der Waals surface area contributed by atoms with Gasteiger partial charge in [-0.05, 0) is 19.3 Å². The lowest BCUT2D eigenvalue weighted by molar-refractivity contribution is -0.143. The summed E-state index contributed by atoms with van der Waals surface area (Å²) in [6.45, 7) is 6.19. The Morgan fingerprint density at radius 2 is 2.24 bits per heavy atom. The number of methoxy groups -OCH3 is 1. The molecule has 0 aromatic carbocycles. The standard InChI is InChI=1S/C12H20N2O2S/c1-8(2)7-10(12(15)16-4)14-9(3)11-13-5-6-17-11/h5-6,8-10,14H,7H2,1-4H3. The van der Waals surface area contributed by atoms with Crippen molar-refractivity contribution in [2.24, 2.45) is 5.92 Å². The molecule has 0 aliphatic rings. The molecular weight excluding hydrogens is 236 g/mol. The monoisotopic (exact) mass is 256 g/mol. The fourth-order valence-corrected chi connectivity index (χ4v) is 2.32. The van der Waals surface area contributed by atoms with Crippen LogP contribution in [0.1, 0.15) is 38.2 Å². The number of hydrogen-bond donors (Lipinski definition) is 1. The maximum Gasteiger partial charge on any atom is 0.322 e. The number of thiazole rings is 1. The largest absolute Gasteiger partial charge is 0.468 e. The van der Waals surface area contributed by atoms with Gasteiger partial charge in [0.05, 0.1) is 13.2 Å². The molecule has 0 amide bonds. The van der Waals surface area contributed by atoms with Crippen LogP contribution in [0.3, 0.4) is 0 Å². The SMILES string of the molecule is COC(=O)C(CC(C)C)NC(C)c1nccs1. The average Bonchev–Trinajstić information content (AvgIpc) is 2.79. The van der Waals surface area contributed by atoms with Gasteiger partial charge >= 0.3 is 5.97 Å². The summed E-state index contributed by atoms with van der Waals surface area (Å²) in [5.74, 6) is 0.234. The summed E-state index contributed by atoms with van der Waals surface area (Å²) < 4.78 is 4.81. The summed E-state index contributed by atoms with van der Waals surface area (Å²) in [5, 5.41) is 6.20. The normalized spacial score (nSPS) is 14.6. The molecule has 0 radical (unpaired) electrons. The molecule has 0 saturated heterocycles. The number of ether oxygens (including phenoxy) is 1. The fourth-order valence-electron chi connectivity index (χ4n) is 1.67. The van der Waals surface area contributed by atoms with Gasteiger partial charge in [-0.2, -0.15) is 0 Å². The minimum atomic E-state index is -0.265. The van der Waals surface area contributed by atoms with Crippen molar-refractivity contribution in [3.63, 3.8) is 0 Å². The number of rotatable bonds is 6. The van der Waals surface area contributed by atoms with Crippen molar-refractivity contribution in [2.45, 2.75) is 39.3 Å². The van der Waals surface area contributed by atoms with Gasteiger partial charge in [-0.3, -0.25) is 10.1 Å². The first kappa shape index (κ1) is 14.1. The number of esters is 1. The van der Waals surface area contributed by atoms with Crippen LogP contribution in [-0.2, 0) is 9.53 Å². The molecule has 1 aromatic heterocycles. The third-order valence-corrected chi connectivity index (χ3v) is 3.42. The zero-order chi connectivity index (χ0) is 12.8. The first-order valence-electron chi connectivity index (χ1n) is 5.77. The van der Waals surface area contributed by atoms with Gasteiger partial charge in [0.2, 0.25) is 0 Å². The molecule has 0 bridgehead atoms. The third kappa shape index (κ3) is 4.44. The van der Waals surface area contributed by atoms with Gasteiger partial charge in [0.1, 0.15) is 11.0 Å². The van der Waals surface area contributed by atoms with Gasteiger partial charge in [-0.25, -0.2) is 4.98 Å². The van der Waals surface area contributed by atoms with Crippen LogP contribution in [-0.4, -0.2) is 24.1 Å². The van der Waals surface area contributed by atoms with E-state index in [1.54, 1.807) is 17.5 Å². The van der Waals surface area contributed by atoms with Crippen LogP contribution < -0.4 is 5.32 Å². The molecular formula is C12H20N2O2S. The summed E-state index contributed by atoms with van der Waals surface area (Å²) in [4.78, 5) is 15.9. The van der Waals surface area contributed by atoms with E-state index in [-0.39, 0.29) is 18.1 Å². The Kier molecular flexibility index (Phi) is 5.58. The highest BCUT2D eigenvalue weighted by molar-refractivity contribution is 7.09. The number of nitrogens with one attached hydrogen (secondary N) is 1. The van der Waals surface area contributed by atoms with E-state index in [1.165, 1.54) is 7.11 Å². The topological polar surface area (TPSA) is 51.2 Å². The highest BCUT2D eigenvalue weighted by Crippen LogP contribution is 2.17. The average molecular weight is 256 g/mol. The number of carbonyl (C=O) groups is 1. The molecule has 0 fully saturated rings. The molecule has 1 N–H and O–H groups in total. The predicted octanol–water partition coefficient (Wildman–Crippen LogP) is 2.38. The van der Waals surface area contributed by atoms with E-state index < -0.39 is 0 Å². The summed E-state index contributed by atoms with van der Waals surface area (Å²) in [6.07, 6.45) is 2.54. The zero-order valence-corrected chi connectivity index (χ0v) is 11.6. The van der Waals surface area contributed by atoms with Crippen molar-refractivity contribution < 1.29 is 9.53 Å². The Morgan fingerprint density at radius 3 is 2.71 bits per heavy atom. The van der Waals surface area contributed by atoms with Crippen molar-refractivity contribution in [2.75, 3.05) is 7.11 Å².